The molecular formula is C11H22N4O2S. The fraction of sp³-hybridized carbons (Fsp3) is 0.727. The summed E-state index contributed by atoms with van der Waals surface area (Å²) in [5, 5.41) is 6.37. The lowest BCUT2D eigenvalue weighted by atomic mass is 10.3. The lowest BCUT2D eigenvalue weighted by molar-refractivity contribution is 0.282. The molecule has 0 aromatic carbocycles. The number of nitrogens with one attached hydrogen (secondary N) is 2. The Balaban J connectivity index is 2.69. The number of H-pyrrole nitrogens is 1. The Bertz CT molecular complexity index is 465. The monoisotopic (exact) mass is 274 g/mol. The maximum Gasteiger partial charge on any atom is 0.244 e. The van der Waals surface area contributed by atoms with Crippen molar-refractivity contribution >= 4 is 10.0 Å². The minimum atomic E-state index is -3.48. The minimum absolute atomic E-state index is 0.135. The van der Waals surface area contributed by atoms with Gasteiger partial charge in [-0.3, -0.25) is 5.10 Å². The minimum Gasteiger partial charge on any atom is -0.302 e. The molecule has 0 aliphatic carbocycles. The summed E-state index contributed by atoms with van der Waals surface area (Å²) in [5.41, 5.74) is 0.553. The van der Waals surface area contributed by atoms with Gasteiger partial charge in [0.25, 0.3) is 0 Å². The zero-order chi connectivity index (χ0) is 13.8. The molecule has 0 saturated carbocycles. The van der Waals surface area contributed by atoms with Crippen LogP contribution < -0.4 is 4.72 Å². The van der Waals surface area contributed by atoms with Crippen LogP contribution in [0.3, 0.4) is 0 Å². The molecule has 7 heteroatoms. The molecule has 1 aromatic rings. The van der Waals surface area contributed by atoms with Crippen molar-refractivity contribution in [3.05, 3.63) is 11.9 Å². The highest BCUT2D eigenvalue weighted by Gasteiger charge is 2.21. The van der Waals surface area contributed by atoms with Gasteiger partial charge in [0.15, 0.2) is 0 Å². The van der Waals surface area contributed by atoms with Crippen LogP contribution in [0.25, 0.3) is 0 Å². The number of likely N-dealkylation sites (N-methyl/N-ethyl adjacent to an activating group) is 1. The first-order valence-corrected chi connectivity index (χ1v) is 7.63. The normalized spacial score (nSPS) is 14.1. The summed E-state index contributed by atoms with van der Waals surface area (Å²) in [4.78, 5) is 2.39. The van der Waals surface area contributed by atoms with Crippen LogP contribution in [-0.2, 0) is 10.0 Å². The predicted octanol–water partition coefficient (Wildman–Crippen LogP) is 0.727. The highest BCUT2D eigenvalue weighted by Crippen LogP contribution is 2.11. The fourth-order valence-corrected chi connectivity index (χ4v) is 3.22. The van der Waals surface area contributed by atoms with Gasteiger partial charge in [-0.25, -0.2) is 13.1 Å². The second-order valence-electron chi connectivity index (χ2n) is 4.37. The molecule has 0 aliphatic heterocycles. The Morgan fingerprint density at radius 1 is 1.44 bits per heavy atom. The van der Waals surface area contributed by atoms with Crippen molar-refractivity contribution in [2.45, 2.75) is 38.6 Å². The summed E-state index contributed by atoms with van der Waals surface area (Å²) in [6.45, 7) is 10.2. The summed E-state index contributed by atoms with van der Waals surface area (Å²) in [7, 11) is -3.48. The standard InChI is InChI=1S/C11H22N4O2S/c1-5-15(6-2)8-9(3)14-18(16,17)11-7-12-13-10(11)4/h7,9,14H,5-6,8H2,1-4H3,(H,12,13). The van der Waals surface area contributed by atoms with Crippen molar-refractivity contribution in [3.63, 3.8) is 0 Å². The number of aromatic nitrogens is 2. The number of aromatic amines is 1. The predicted molar refractivity (Wildman–Crippen MR) is 70.9 cm³/mol. The second kappa shape index (κ2) is 6.31. The zero-order valence-electron chi connectivity index (χ0n) is 11.4. The van der Waals surface area contributed by atoms with Crippen LogP contribution in [0.1, 0.15) is 26.5 Å². The quantitative estimate of drug-likeness (QED) is 0.768. The maximum absolute atomic E-state index is 12.1. The summed E-state index contributed by atoms with van der Waals surface area (Å²) >= 11 is 0. The highest BCUT2D eigenvalue weighted by atomic mass is 32.2. The van der Waals surface area contributed by atoms with E-state index in [-0.39, 0.29) is 10.9 Å². The molecule has 18 heavy (non-hydrogen) atoms. The highest BCUT2D eigenvalue weighted by molar-refractivity contribution is 7.89. The first-order chi connectivity index (χ1) is 8.40. The average molecular weight is 274 g/mol. The number of rotatable bonds is 7. The van der Waals surface area contributed by atoms with Crippen LogP contribution in [0.5, 0.6) is 0 Å². The van der Waals surface area contributed by atoms with Crippen molar-refractivity contribution in [3.8, 4) is 0 Å². The molecule has 1 heterocycles. The first kappa shape index (κ1) is 15.1. The number of aryl methyl sites for hydroxylation is 1. The Labute approximate surface area is 109 Å². The average Bonchev–Trinajstić information content (AvgIpc) is 2.72. The van der Waals surface area contributed by atoms with Gasteiger partial charge in [0.2, 0.25) is 10.0 Å². The van der Waals surface area contributed by atoms with Crippen LogP contribution in [0.15, 0.2) is 11.1 Å². The molecule has 0 saturated heterocycles. The van der Waals surface area contributed by atoms with Crippen molar-refractivity contribution in [1.82, 2.24) is 19.8 Å². The topological polar surface area (TPSA) is 78.1 Å². The molecule has 0 spiro atoms. The van der Waals surface area contributed by atoms with Crippen LogP contribution >= 0.6 is 0 Å². The van der Waals surface area contributed by atoms with Gasteiger partial charge in [0.1, 0.15) is 4.90 Å². The summed E-state index contributed by atoms with van der Waals surface area (Å²) in [5.74, 6) is 0. The Morgan fingerprint density at radius 3 is 2.50 bits per heavy atom. The zero-order valence-corrected chi connectivity index (χ0v) is 12.2. The van der Waals surface area contributed by atoms with Gasteiger partial charge in [0.05, 0.1) is 11.9 Å². The van der Waals surface area contributed by atoms with Gasteiger partial charge in [-0.15, -0.1) is 0 Å². The molecule has 1 atom stereocenters. The Kier molecular flexibility index (Phi) is 5.30. The molecule has 1 unspecified atom stereocenters. The second-order valence-corrected chi connectivity index (χ2v) is 6.05. The number of nitrogens with zero attached hydrogens (tertiary/aromatic N) is 2. The smallest absolute Gasteiger partial charge is 0.244 e. The van der Waals surface area contributed by atoms with Gasteiger partial charge < -0.3 is 4.90 Å². The van der Waals surface area contributed by atoms with Crippen LogP contribution in [0, 0.1) is 6.92 Å². The molecule has 0 radical (unpaired) electrons. The summed E-state index contributed by atoms with van der Waals surface area (Å²) < 4.78 is 26.9. The van der Waals surface area contributed by atoms with Crippen LogP contribution in [0.4, 0.5) is 0 Å². The van der Waals surface area contributed by atoms with E-state index in [1.807, 2.05) is 6.92 Å². The lowest BCUT2D eigenvalue weighted by Crippen LogP contribution is -2.41. The van der Waals surface area contributed by atoms with Crippen molar-refractivity contribution in [1.29, 1.82) is 0 Å². The number of hydrogen-bond acceptors (Lipinski definition) is 4. The molecule has 1 rings (SSSR count). The van der Waals surface area contributed by atoms with E-state index in [9.17, 15) is 8.42 Å². The van der Waals surface area contributed by atoms with Gasteiger partial charge in [-0.05, 0) is 26.9 Å². The third-order valence-electron chi connectivity index (χ3n) is 2.86. The molecule has 1 aromatic heterocycles. The van der Waals surface area contributed by atoms with E-state index in [1.165, 1.54) is 6.20 Å². The lowest BCUT2D eigenvalue weighted by Gasteiger charge is -2.23. The molecule has 2 N–H and O–H groups in total. The third kappa shape index (κ3) is 3.79. The summed E-state index contributed by atoms with van der Waals surface area (Å²) in [6, 6.07) is -0.135. The van der Waals surface area contributed by atoms with Gasteiger partial charge in [-0.2, -0.15) is 5.10 Å². The van der Waals surface area contributed by atoms with Crippen LogP contribution in [-0.4, -0.2) is 49.2 Å². The third-order valence-corrected chi connectivity index (χ3v) is 4.56. The molecule has 0 fully saturated rings. The van der Waals surface area contributed by atoms with Crippen molar-refractivity contribution in [2.24, 2.45) is 0 Å². The largest absolute Gasteiger partial charge is 0.302 e. The maximum atomic E-state index is 12.1. The van der Waals surface area contributed by atoms with E-state index in [1.54, 1.807) is 6.92 Å². The summed E-state index contributed by atoms with van der Waals surface area (Å²) in [6.07, 6.45) is 1.34. The van der Waals surface area contributed by atoms with Gasteiger partial charge in [0, 0.05) is 12.6 Å². The SMILES string of the molecule is CCN(CC)CC(C)NS(=O)(=O)c1cn[nH]c1C. The van der Waals surface area contributed by atoms with Crippen LogP contribution in [0.2, 0.25) is 0 Å². The van der Waals surface area contributed by atoms with E-state index in [4.69, 9.17) is 0 Å². The Hall–Kier alpha value is -0.920. The number of hydrogen-bond donors (Lipinski definition) is 2. The van der Waals surface area contributed by atoms with Crippen molar-refractivity contribution < 1.29 is 8.42 Å². The van der Waals surface area contributed by atoms with Crippen molar-refractivity contribution in [2.75, 3.05) is 19.6 Å². The molecule has 104 valence electrons. The molecule has 0 bridgehead atoms. The van der Waals surface area contributed by atoms with E-state index in [2.05, 4.69) is 33.7 Å². The molecule has 0 amide bonds. The number of sulfonamides is 1. The Morgan fingerprint density at radius 2 is 2.06 bits per heavy atom. The van der Waals surface area contributed by atoms with E-state index in [0.29, 0.717) is 12.2 Å². The molecule has 0 aliphatic rings. The van der Waals surface area contributed by atoms with Gasteiger partial charge in [-0.1, -0.05) is 13.8 Å². The molecule has 6 nitrogen and oxygen atoms in total. The fourth-order valence-electron chi connectivity index (χ4n) is 1.85. The first-order valence-electron chi connectivity index (χ1n) is 6.15. The van der Waals surface area contributed by atoms with E-state index >= 15 is 0 Å². The molecular weight excluding hydrogens is 252 g/mol. The van der Waals surface area contributed by atoms with E-state index < -0.39 is 10.0 Å². The van der Waals surface area contributed by atoms with Gasteiger partial charge >= 0.3 is 0 Å². The van der Waals surface area contributed by atoms with E-state index in [0.717, 1.165) is 13.1 Å².